The molecule has 0 amide bonds. The molecule has 1 saturated heterocycles. The van der Waals surface area contributed by atoms with E-state index in [1.165, 1.54) is 30.6 Å². The molecule has 0 atom stereocenters. The van der Waals surface area contributed by atoms with Gasteiger partial charge in [-0.3, -0.25) is 4.68 Å². The molecule has 6 nitrogen and oxygen atoms in total. The highest BCUT2D eigenvalue weighted by Gasteiger charge is 2.22. The van der Waals surface area contributed by atoms with Gasteiger partial charge in [-0.05, 0) is 52.0 Å². The van der Waals surface area contributed by atoms with Crippen LogP contribution < -0.4 is 4.90 Å². The lowest BCUT2D eigenvalue weighted by Gasteiger charge is -2.33. The van der Waals surface area contributed by atoms with Crippen LogP contribution in [0.15, 0.2) is 24.5 Å². The predicted octanol–water partition coefficient (Wildman–Crippen LogP) is 3.16. The smallest absolute Gasteiger partial charge is 0.160 e. The van der Waals surface area contributed by atoms with E-state index in [0.29, 0.717) is 0 Å². The lowest BCUT2D eigenvalue weighted by molar-refractivity contribution is 0.352. The molecule has 0 aliphatic carbocycles. The van der Waals surface area contributed by atoms with Gasteiger partial charge >= 0.3 is 0 Å². The minimum atomic E-state index is 0.778. The molecule has 0 N–H and O–H groups in total. The quantitative estimate of drug-likeness (QED) is 0.733. The number of nitrogens with zero attached hydrogens (tertiary/aromatic N) is 6. The predicted molar refractivity (Wildman–Crippen MR) is 99.0 cm³/mol. The number of rotatable bonds is 4. The summed E-state index contributed by atoms with van der Waals surface area (Å²) < 4.78 is 4.07. The van der Waals surface area contributed by atoms with Crippen molar-refractivity contribution in [3.05, 3.63) is 41.5 Å². The lowest BCUT2D eigenvalue weighted by Crippen LogP contribution is -2.35. The van der Waals surface area contributed by atoms with Crippen LogP contribution in [0.4, 0.5) is 5.82 Å². The maximum atomic E-state index is 4.72. The second kappa shape index (κ2) is 6.50. The summed E-state index contributed by atoms with van der Waals surface area (Å²) in [6, 6.07) is 4.16. The van der Waals surface area contributed by atoms with E-state index >= 15 is 0 Å². The number of aromatic nitrogens is 5. The summed E-state index contributed by atoms with van der Waals surface area (Å²) in [7, 11) is 0. The molecule has 0 radical (unpaired) electrons. The fraction of sp³-hybridized carbons (Fsp3) is 0.526. The van der Waals surface area contributed by atoms with Gasteiger partial charge in [0.1, 0.15) is 5.82 Å². The summed E-state index contributed by atoms with van der Waals surface area (Å²) in [5.74, 6) is 1.96. The maximum Gasteiger partial charge on any atom is 0.160 e. The molecular formula is C19H26N6. The fourth-order valence-electron chi connectivity index (χ4n) is 3.75. The Kier molecular flexibility index (Phi) is 4.19. The minimum absolute atomic E-state index is 0.778. The molecule has 3 aromatic heterocycles. The molecular weight excluding hydrogens is 312 g/mol. The first-order valence-electron chi connectivity index (χ1n) is 9.18. The molecule has 0 unspecified atom stereocenters. The van der Waals surface area contributed by atoms with Crippen molar-refractivity contribution in [2.24, 2.45) is 5.92 Å². The second-order valence-electron chi connectivity index (χ2n) is 7.19. The van der Waals surface area contributed by atoms with E-state index in [2.05, 4.69) is 41.8 Å². The van der Waals surface area contributed by atoms with Gasteiger partial charge in [0.25, 0.3) is 0 Å². The fourth-order valence-corrected chi connectivity index (χ4v) is 3.75. The molecule has 4 rings (SSSR count). The maximum absolute atomic E-state index is 4.72. The zero-order valence-corrected chi connectivity index (χ0v) is 15.3. The average molecular weight is 338 g/mol. The van der Waals surface area contributed by atoms with Crippen LogP contribution in [0.5, 0.6) is 0 Å². The highest BCUT2D eigenvalue weighted by atomic mass is 15.4. The van der Waals surface area contributed by atoms with Crippen LogP contribution in [0.25, 0.3) is 5.65 Å². The van der Waals surface area contributed by atoms with E-state index in [0.717, 1.165) is 42.6 Å². The number of hydrogen-bond donors (Lipinski definition) is 0. The minimum Gasteiger partial charge on any atom is -0.356 e. The Balaban J connectivity index is 1.47. The molecule has 1 aliphatic heterocycles. The van der Waals surface area contributed by atoms with Gasteiger partial charge in [-0.2, -0.15) is 14.7 Å². The Morgan fingerprint density at radius 2 is 1.96 bits per heavy atom. The second-order valence-corrected chi connectivity index (χ2v) is 7.19. The van der Waals surface area contributed by atoms with Crippen molar-refractivity contribution in [3.63, 3.8) is 0 Å². The van der Waals surface area contributed by atoms with Gasteiger partial charge in [-0.25, -0.2) is 4.98 Å². The zero-order chi connectivity index (χ0) is 17.4. The molecule has 132 valence electrons. The van der Waals surface area contributed by atoms with E-state index < -0.39 is 0 Å². The van der Waals surface area contributed by atoms with E-state index in [4.69, 9.17) is 5.10 Å². The summed E-state index contributed by atoms with van der Waals surface area (Å²) in [6.07, 6.45) is 7.56. The number of anilines is 1. The van der Waals surface area contributed by atoms with Crippen LogP contribution in [-0.4, -0.2) is 37.5 Å². The molecule has 0 saturated carbocycles. The highest BCUT2D eigenvalue weighted by Crippen LogP contribution is 2.27. The Bertz CT molecular complexity index is 856. The van der Waals surface area contributed by atoms with Crippen molar-refractivity contribution >= 4 is 11.5 Å². The Labute approximate surface area is 148 Å². The molecule has 0 aromatic carbocycles. The monoisotopic (exact) mass is 338 g/mol. The SMILES string of the molecule is Cc1cc(N2CCC(CCn3cccn3)CC2)n2nc(C)c(C)c2n1. The normalized spacial score (nSPS) is 16.0. The van der Waals surface area contributed by atoms with Gasteiger partial charge in [-0.15, -0.1) is 0 Å². The molecule has 0 spiro atoms. The third kappa shape index (κ3) is 3.13. The van der Waals surface area contributed by atoms with Crippen LogP contribution in [0.3, 0.4) is 0 Å². The van der Waals surface area contributed by atoms with Crippen molar-refractivity contribution in [3.8, 4) is 0 Å². The van der Waals surface area contributed by atoms with Crippen LogP contribution in [0.1, 0.15) is 36.2 Å². The van der Waals surface area contributed by atoms with Crippen molar-refractivity contribution < 1.29 is 0 Å². The zero-order valence-electron chi connectivity index (χ0n) is 15.3. The van der Waals surface area contributed by atoms with E-state index in [9.17, 15) is 0 Å². The number of fused-ring (bicyclic) bond motifs is 1. The van der Waals surface area contributed by atoms with Gasteiger partial charge in [0.15, 0.2) is 5.65 Å². The third-order valence-electron chi connectivity index (χ3n) is 5.43. The Morgan fingerprint density at radius 3 is 2.68 bits per heavy atom. The van der Waals surface area contributed by atoms with Gasteiger partial charge in [0.2, 0.25) is 0 Å². The molecule has 6 heteroatoms. The van der Waals surface area contributed by atoms with Gasteiger partial charge in [0, 0.05) is 49.4 Å². The molecule has 25 heavy (non-hydrogen) atoms. The van der Waals surface area contributed by atoms with Crippen LogP contribution in [0.2, 0.25) is 0 Å². The molecule has 0 bridgehead atoms. The van der Waals surface area contributed by atoms with Crippen molar-refractivity contribution in [1.29, 1.82) is 0 Å². The summed E-state index contributed by atoms with van der Waals surface area (Å²) in [5.41, 5.74) is 4.30. The Hall–Kier alpha value is -2.37. The van der Waals surface area contributed by atoms with Crippen molar-refractivity contribution in [1.82, 2.24) is 24.4 Å². The first kappa shape index (κ1) is 16.1. The molecule has 1 aliphatic rings. The summed E-state index contributed by atoms with van der Waals surface area (Å²) >= 11 is 0. The third-order valence-corrected chi connectivity index (χ3v) is 5.43. The van der Waals surface area contributed by atoms with E-state index in [-0.39, 0.29) is 0 Å². The highest BCUT2D eigenvalue weighted by molar-refractivity contribution is 5.57. The average Bonchev–Trinajstić information content (AvgIpc) is 3.23. The van der Waals surface area contributed by atoms with Crippen LogP contribution in [0, 0.1) is 26.7 Å². The molecule has 1 fully saturated rings. The molecule has 4 heterocycles. The number of piperidine rings is 1. The molecule has 3 aromatic rings. The summed E-state index contributed by atoms with van der Waals surface area (Å²) in [4.78, 5) is 7.16. The largest absolute Gasteiger partial charge is 0.356 e. The Morgan fingerprint density at radius 1 is 1.16 bits per heavy atom. The van der Waals surface area contributed by atoms with E-state index in [1.807, 2.05) is 27.7 Å². The summed E-state index contributed by atoms with van der Waals surface area (Å²) in [6.45, 7) is 9.43. The number of aryl methyl sites for hydroxylation is 4. The van der Waals surface area contributed by atoms with Gasteiger partial charge in [-0.1, -0.05) is 0 Å². The number of hydrogen-bond acceptors (Lipinski definition) is 4. The van der Waals surface area contributed by atoms with Crippen LogP contribution >= 0.6 is 0 Å². The topological polar surface area (TPSA) is 51.2 Å². The van der Waals surface area contributed by atoms with E-state index in [1.54, 1.807) is 0 Å². The van der Waals surface area contributed by atoms with Crippen LogP contribution in [-0.2, 0) is 6.54 Å². The first-order valence-corrected chi connectivity index (χ1v) is 9.18. The first-order chi connectivity index (χ1) is 12.1. The van der Waals surface area contributed by atoms with Gasteiger partial charge in [0.05, 0.1) is 5.69 Å². The summed E-state index contributed by atoms with van der Waals surface area (Å²) in [5, 5.41) is 9.02. The lowest BCUT2D eigenvalue weighted by atomic mass is 9.93. The van der Waals surface area contributed by atoms with Crippen molar-refractivity contribution in [2.45, 2.75) is 46.6 Å². The van der Waals surface area contributed by atoms with Gasteiger partial charge < -0.3 is 4.90 Å². The van der Waals surface area contributed by atoms with Crippen molar-refractivity contribution in [2.75, 3.05) is 18.0 Å². The standard InChI is InChI=1S/C19H26N6/c1-14-13-18(25-19(21-14)15(2)16(3)22-25)23-10-5-17(6-11-23)7-12-24-9-4-8-20-24/h4,8-9,13,17H,5-7,10-12H2,1-3H3.